The first-order valence-corrected chi connectivity index (χ1v) is 4.79. The van der Waals surface area contributed by atoms with E-state index in [1.807, 2.05) is 13.2 Å². The van der Waals surface area contributed by atoms with Crippen LogP contribution in [0.2, 0.25) is 0 Å². The Hall–Kier alpha value is -1.28. The first kappa shape index (κ1) is 9.28. The van der Waals surface area contributed by atoms with Gasteiger partial charge in [-0.05, 0) is 25.5 Å². The zero-order chi connectivity index (χ0) is 10.3. The molecule has 1 aromatic heterocycles. The van der Waals surface area contributed by atoms with E-state index in [1.54, 1.807) is 0 Å². The number of fused-ring (bicyclic) bond motifs is 1. The van der Waals surface area contributed by atoms with Gasteiger partial charge in [0.25, 0.3) is 0 Å². The molecule has 2 nitrogen and oxygen atoms in total. The van der Waals surface area contributed by atoms with Gasteiger partial charge in [0, 0.05) is 24.2 Å². The van der Waals surface area contributed by atoms with E-state index in [1.165, 1.54) is 22.0 Å². The van der Waals surface area contributed by atoms with Gasteiger partial charge in [-0.15, -0.1) is 0 Å². The van der Waals surface area contributed by atoms with E-state index in [9.17, 15) is 5.11 Å². The molecule has 0 aliphatic rings. The second-order valence-electron chi connectivity index (χ2n) is 3.90. The Kier molecular flexibility index (Phi) is 2.08. The quantitative estimate of drug-likeness (QED) is 0.731. The average molecular weight is 189 g/mol. The number of aliphatic hydroxyl groups is 1. The Morgan fingerprint density at radius 2 is 2.00 bits per heavy atom. The van der Waals surface area contributed by atoms with Crippen molar-refractivity contribution in [3.8, 4) is 0 Å². The standard InChI is InChI=1S/C12H15NO/c1-8-4-9(2)12-11(5-8)10(7-14)6-13(12)3/h4-6,14H,7H2,1-3H3. The molecule has 1 heterocycles. The topological polar surface area (TPSA) is 25.2 Å². The molecular formula is C12H15NO. The van der Waals surface area contributed by atoms with E-state index in [0.29, 0.717) is 0 Å². The molecule has 0 spiro atoms. The predicted octanol–water partition coefficient (Wildman–Crippen LogP) is 2.29. The zero-order valence-electron chi connectivity index (χ0n) is 8.83. The van der Waals surface area contributed by atoms with Crippen LogP contribution in [0.1, 0.15) is 16.7 Å². The van der Waals surface area contributed by atoms with Gasteiger partial charge in [-0.2, -0.15) is 0 Å². The van der Waals surface area contributed by atoms with Gasteiger partial charge < -0.3 is 9.67 Å². The molecule has 2 heteroatoms. The van der Waals surface area contributed by atoms with Crippen LogP contribution in [0.4, 0.5) is 0 Å². The van der Waals surface area contributed by atoms with E-state index in [4.69, 9.17) is 0 Å². The lowest BCUT2D eigenvalue weighted by molar-refractivity contribution is 0.283. The summed E-state index contributed by atoms with van der Waals surface area (Å²) in [5.41, 5.74) is 4.74. The molecule has 0 atom stereocenters. The van der Waals surface area contributed by atoms with E-state index in [-0.39, 0.29) is 6.61 Å². The van der Waals surface area contributed by atoms with Crippen LogP contribution in [-0.4, -0.2) is 9.67 Å². The third-order valence-corrected chi connectivity index (χ3v) is 2.66. The molecular weight excluding hydrogens is 174 g/mol. The number of aromatic nitrogens is 1. The minimum absolute atomic E-state index is 0.111. The summed E-state index contributed by atoms with van der Waals surface area (Å²) in [7, 11) is 2.02. The maximum absolute atomic E-state index is 9.22. The van der Waals surface area contributed by atoms with Crippen LogP contribution in [0, 0.1) is 13.8 Å². The second-order valence-corrected chi connectivity index (χ2v) is 3.90. The van der Waals surface area contributed by atoms with Crippen molar-refractivity contribution in [2.75, 3.05) is 0 Å². The van der Waals surface area contributed by atoms with Crippen LogP contribution in [0.3, 0.4) is 0 Å². The van der Waals surface area contributed by atoms with Crippen molar-refractivity contribution in [1.29, 1.82) is 0 Å². The lowest BCUT2D eigenvalue weighted by Gasteiger charge is -2.02. The van der Waals surface area contributed by atoms with E-state index in [0.717, 1.165) is 5.56 Å². The summed E-state index contributed by atoms with van der Waals surface area (Å²) in [5, 5.41) is 10.4. The fourth-order valence-electron chi connectivity index (χ4n) is 2.17. The Morgan fingerprint density at radius 3 is 2.64 bits per heavy atom. The van der Waals surface area contributed by atoms with Crippen molar-refractivity contribution in [3.05, 3.63) is 35.0 Å². The Labute approximate surface area is 83.8 Å². The lowest BCUT2D eigenvalue weighted by atomic mass is 10.1. The number of benzene rings is 1. The first-order valence-electron chi connectivity index (χ1n) is 4.79. The van der Waals surface area contributed by atoms with E-state index < -0.39 is 0 Å². The van der Waals surface area contributed by atoms with Crippen LogP contribution < -0.4 is 0 Å². The summed E-state index contributed by atoms with van der Waals surface area (Å²) in [5.74, 6) is 0. The number of aryl methyl sites for hydroxylation is 3. The van der Waals surface area contributed by atoms with Gasteiger partial charge in [0.1, 0.15) is 0 Å². The van der Waals surface area contributed by atoms with Crippen LogP contribution in [0.5, 0.6) is 0 Å². The molecule has 0 amide bonds. The molecule has 0 aliphatic carbocycles. The number of aliphatic hydroxyl groups excluding tert-OH is 1. The summed E-state index contributed by atoms with van der Waals surface area (Å²) in [6.07, 6.45) is 2.00. The molecule has 0 bridgehead atoms. The number of rotatable bonds is 1. The first-order chi connectivity index (χ1) is 6.63. The van der Waals surface area contributed by atoms with E-state index in [2.05, 4.69) is 30.5 Å². The molecule has 14 heavy (non-hydrogen) atoms. The van der Waals surface area contributed by atoms with Crippen molar-refractivity contribution >= 4 is 10.9 Å². The fourth-order valence-corrected chi connectivity index (χ4v) is 2.17. The summed E-state index contributed by atoms with van der Waals surface area (Å²) >= 11 is 0. The van der Waals surface area contributed by atoms with Gasteiger partial charge in [0.2, 0.25) is 0 Å². The maximum atomic E-state index is 9.22. The molecule has 1 aromatic carbocycles. The lowest BCUT2D eigenvalue weighted by Crippen LogP contribution is -1.87. The normalized spacial score (nSPS) is 11.1. The number of nitrogens with zero attached hydrogens (tertiary/aromatic N) is 1. The number of hydrogen-bond acceptors (Lipinski definition) is 1. The highest BCUT2D eigenvalue weighted by atomic mass is 16.3. The summed E-state index contributed by atoms with van der Waals surface area (Å²) < 4.78 is 2.08. The molecule has 1 N–H and O–H groups in total. The van der Waals surface area contributed by atoms with Crippen molar-refractivity contribution in [2.24, 2.45) is 7.05 Å². The molecule has 2 aromatic rings. The van der Waals surface area contributed by atoms with Crippen molar-refractivity contribution in [3.63, 3.8) is 0 Å². The third-order valence-electron chi connectivity index (χ3n) is 2.66. The minimum Gasteiger partial charge on any atom is -0.392 e. The van der Waals surface area contributed by atoms with Crippen molar-refractivity contribution < 1.29 is 5.11 Å². The highest BCUT2D eigenvalue weighted by molar-refractivity contribution is 5.87. The molecule has 2 rings (SSSR count). The summed E-state index contributed by atoms with van der Waals surface area (Å²) in [6.45, 7) is 4.30. The second kappa shape index (κ2) is 3.14. The number of hydrogen-bond donors (Lipinski definition) is 1. The molecule has 0 unspecified atom stereocenters. The Balaban J connectivity index is 2.89. The highest BCUT2D eigenvalue weighted by Gasteiger charge is 2.08. The maximum Gasteiger partial charge on any atom is 0.0702 e. The SMILES string of the molecule is Cc1cc(C)c2c(c1)c(CO)cn2C. The molecule has 0 saturated heterocycles. The van der Waals surface area contributed by atoms with Crippen LogP contribution >= 0.6 is 0 Å². The largest absolute Gasteiger partial charge is 0.392 e. The fraction of sp³-hybridized carbons (Fsp3) is 0.333. The summed E-state index contributed by atoms with van der Waals surface area (Å²) in [6, 6.07) is 4.30. The van der Waals surface area contributed by atoms with Gasteiger partial charge in [-0.3, -0.25) is 0 Å². The minimum atomic E-state index is 0.111. The molecule has 0 aliphatic heterocycles. The summed E-state index contributed by atoms with van der Waals surface area (Å²) in [4.78, 5) is 0. The molecule has 0 saturated carbocycles. The van der Waals surface area contributed by atoms with Gasteiger partial charge >= 0.3 is 0 Å². The van der Waals surface area contributed by atoms with Crippen molar-refractivity contribution in [2.45, 2.75) is 20.5 Å². The average Bonchev–Trinajstić information content (AvgIpc) is 2.42. The van der Waals surface area contributed by atoms with Gasteiger partial charge in [-0.1, -0.05) is 11.6 Å². The Bertz CT molecular complexity index is 483. The van der Waals surface area contributed by atoms with E-state index >= 15 is 0 Å². The highest BCUT2D eigenvalue weighted by Crippen LogP contribution is 2.25. The van der Waals surface area contributed by atoms with Gasteiger partial charge in [0.05, 0.1) is 12.1 Å². The molecule has 0 radical (unpaired) electrons. The molecule has 0 fully saturated rings. The van der Waals surface area contributed by atoms with Crippen LogP contribution in [0.25, 0.3) is 10.9 Å². The zero-order valence-corrected chi connectivity index (χ0v) is 8.83. The monoisotopic (exact) mass is 189 g/mol. The third kappa shape index (κ3) is 1.23. The van der Waals surface area contributed by atoms with Crippen molar-refractivity contribution in [1.82, 2.24) is 4.57 Å². The molecule has 74 valence electrons. The van der Waals surface area contributed by atoms with Crippen LogP contribution in [0.15, 0.2) is 18.3 Å². The Morgan fingerprint density at radius 1 is 1.29 bits per heavy atom. The van der Waals surface area contributed by atoms with Gasteiger partial charge in [0.15, 0.2) is 0 Å². The van der Waals surface area contributed by atoms with Gasteiger partial charge in [-0.25, -0.2) is 0 Å². The van der Waals surface area contributed by atoms with Crippen LogP contribution in [-0.2, 0) is 13.7 Å². The smallest absolute Gasteiger partial charge is 0.0702 e. The predicted molar refractivity (Wildman–Crippen MR) is 58.3 cm³/mol.